The van der Waals surface area contributed by atoms with Crippen molar-refractivity contribution in [2.75, 3.05) is 0 Å². The second-order valence-corrected chi connectivity index (χ2v) is 3.92. The van der Waals surface area contributed by atoms with E-state index in [1.807, 2.05) is 0 Å². The van der Waals surface area contributed by atoms with E-state index in [-0.39, 0.29) is 21.9 Å². The zero-order chi connectivity index (χ0) is 13.0. The highest BCUT2D eigenvalue weighted by molar-refractivity contribution is 6.05. The SMILES string of the molecule is Cc1cc2oc3c(F)c(O)c(O)cc3c2c(=O)o1. The summed E-state index contributed by atoms with van der Waals surface area (Å²) in [4.78, 5) is 11.7. The molecule has 0 aliphatic rings. The molecule has 2 N–H and O–H groups in total. The molecule has 0 aliphatic carbocycles. The van der Waals surface area contributed by atoms with Crippen molar-refractivity contribution in [2.24, 2.45) is 0 Å². The number of phenolic OH excluding ortho intramolecular Hbond substituents is 2. The lowest BCUT2D eigenvalue weighted by Gasteiger charge is -1.98. The lowest BCUT2D eigenvalue weighted by atomic mass is 10.1. The number of benzene rings is 1. The van der Waals surface area contributed by atoms with Gasteiger partial charge in [0.1, 0.15) is 16.7 Å². The predicted molar refractivity (Wildman–Crippen MR) is 60.3 cm³/mol. The average Bonchev–Trinajstić information content (AvgIpc) is 2.64. The third kappa shape index (κ3) is 1.22. The second kappa shape index (κ2) is 3.25. The molecular weight excluding hydrogens is 243 g/mol. The fraction of sp³-hybridized carbons (Fsp3) is 0.0833. The molecule has 0 radical (unpaired) electrons. The number of hydrogen-bond acceptors (Lipinski definition) is 5. The first-order valence-electron chi connectivity index (χ1n) is 5.06. The highest BCUT2D eigenvalue weighted by atomic mass is 19.1. The molecule has 0 saturated heterocycles. The maximum absolute atomic E-state index is 13.7. The largest absolute Gasteiger partial charge is 0.504 e. The molecule has 3 aromatic rings. The summed E-state index contributed by atoms with van der Waals surface area (Å²) in [5.41, 5.74) is -0.839. The lowest BCUT2D eigenvalue weighted by Crippen LogP contribution is -1.98. The standard InChI is InChI=1S/C12H7FO5/c1-4-2-7-8(12(16)17-4)5-3-6(14)10(15)9(13)11(5)18-7/h2-3,14-15H,1H3. The highest BCUT2D eigenvalue weighted by Crippen LogP contribution is 2.38. The van der Waals surface area contributed by atoms with Crippen LogP contribution in [0, 0.1) is 12.7 Å². The summed E-state index contributed by atoms with van der Waals surface area (Å²) in [7, 11) is 0. The van der Waals surface area contributed by atoms with E-state index in [9.17, 15) is 19.4 Å². The Morgan fingerprint density at radius 2 is 1.94 bits per heavy atom. The van der Waals surface area contributed by atoms with Gasteiger partial charge >= 0.3 is 5.63 Å². The molecule has 2 aromatic heterocycles. The first-order chi connectivity index (χ1) is 8.49. The van der Waals surface area contributed by atoms with Gasteiger partial charge in [0.25, 0.3) is 0 Å². The van der Waals surface area contributed by atoms with E-state index in [1.165, 1.54) is 6.07 Å². The normalized spacial score (nSPS) is 11.4. The monoisotopic (exact) mass is 250 g/mol. The van der Waals surface area contributed by atoms with E-state index in [0.29, 0.717) is 5.76 Å². The number of aromatic hydroxyl groups is 2. The lowest BCUT2D eigenvalue weighted by molar-refractivity contribution is 0.379. The van der Waals surface area contributed by atoms with Gasteiger partial charge in [-0.25, -0.2) is 4.79 Å². The zero-order valence-electron chi connectivity index (χ0n) is 9.15. The number of rotatable bonds is 0. The summed E-state index contributed by atoms with van der Waals surface area (Å²) in [5, 5.41) is 18.7. The summed E-state index contributed by atoms with van der Waals surface area (Å²) >= 11 is 0. The first-order valence-corrected chi connectivity index (χ1v) is 5.06. The molecule has 1 aromatic carbocycles. The minimum absolute atomic E-state index is 0.0322. The maximum atomic E-state index is 13.7. The van der Waals surface area contributed by atoms with Gasteiger partial charge in [-0.2, -0.15) is 4.39 Å². The van der Waals surface area contributed by atoms with Gasteiger partial charge in [-0.1, -0.05) is 0 Å². The van der Waals surface area contributed by atoms with Crippen molar-refractivity contribution in [1.82, 2.24) is 0 Å². The number of fused-ring (bicyclic) bond motifs is 3. The van der Waals surface area contributed by atoms with Crippen molar-refractivity contribution >= 4 is 21.9 Å². The van der Waals surface area contributed by atoms with Gasteiger partial charge in [0, 0.05) is 11.5 Å². The number of halogens is 1. The van der Waals surface area contributed by atoms with E-state index in [0.717, 1.165) is 6.07 Å². The quantitative estimate of drug-likeness (QED) is 0.598. The van der Waals surface area contributed by atoms with E-state index in [1.54, 1.807) is 6.92 Å². The van der Waals surface area contributed by atoms with Crippen LogP contribution in [0.1, 0.15) is 5.76 Å². The molecule has 0 bridgehead atoms. The Hall–Kier alpha value is -2.50. The molecule has 5 nitrogen and oxygen atoms in total. The van der Waals surface area contributed by atoms with Crippen LogP contribution in [-0.4, -0.2) is 10.2 Å². The van der Waals surface area contributed by atoms with Gasteiger partial charge in [-0.05, 0) is 13.0 Å². The second-order valence-electron chi connectivity index (χ2n) is 3.92. The highest BCUT2D eigenvalue weighted by Gasteiger charge is 2.20. The van der Waals surface area contributed by atoms with Crippen molar-refractivity contribution in [1.29, 1.82) is 0 Å². The number of aryl methyl sites for hydroxylation is 1. The average molecular weight is 250 g/mol. The van der Waals surface area contributed by atoms with Gasteiger partial charge in [-0.3, -0.25) is 0 Å². The molecule has 0 unspecified atom stereocenters. The Balaban J connectivity index is 2.65. The number of phenols is 2. The molecule has 2 heterocycles. The molecular formula is C12H7FO5. The van der Waals surface area contributed by atoms with Crippen molar-refractivity contribution < 1.29 is 23.4 Å². The van der Waals surface area contributed by atoms with Crippen LogP contribution in [0.15, 0.2) is 25.8 Å². The molecule has 0 saturated carbocycles. The Morgan fingerprint density at radius 3 is 2.67 bits per heavy atom. The van der Waals surface area contributed by atoms with Gasteiger partial charge in [-0.15, -0.1) is 0 Å². The van der Waals surface area contributed by atoms with Crippen LogP contribution in [-0.2, 0) is 0 Å². The van der Waals surface area contributed by atoms with Crippen LogP contribution in [0.25, 0.3) is 21.9 Å². The fourth-order valence-electron chi connectivity index (χ4n) is 1.91. The first kappa shape index (κ1) is 10.6. The van der Waals surface area contributed by atoms with Gasteiger partial charge in [0.05, 0.1) is 0 Å². The van der Waals surface area contributed by atoms with Crippen LogP contribution in [0.3, 0.4) is 0 Å². The van der Waals surface area contributed by atoms with E-state index in [4.69, 9.17) is 8.83 Å². The van der Waals surface area contributed by atoms with Gasteiger partial charge < -0.3 is 19.0 Å². The molecule has 0 atom stereocenters. The van der Waals surface area contributed by atoms with Crippen molar-refractivity contribution in [3.63, 3.8) is 0 Å². The van der Waals surface area contributed by atoms with E-state index < -0.39 is 22.9 Å². The minimum Gasteiger partial charge on any atom is -0.504 e. The molecule has 3 rings (SSSR count). The summed E-state index contributed by atoms with van der Waals surface area (Å²) < 4.78 is 23.8. The van der Waals surface area contributed by atoms with Crippen molar-refractivity contribution in [2.45, 2.75) is 6.92 Å². The molecule has 92 valence electrons. The third-order valence-electron chi connectivity index (χ3n) is 2.70. The van der Waals surface area contributed by atoms with E-state index in [2.05, 4.69) is 0 Å². The molecule has 18 heavy (non-hydrogen) atoms. The van der Waals surface area contributed by atoms with Crippen LogP contribution < -0.4 is 5.63 Å². The molecule has 6 heteroatoms. The van der Waals surface area contributed by atoms with Crippen molar-refractivity contribution in [3.05, 3.63) is 34.1 Å². The minimum atomic E-state index is -1.11. The van der Waals surface area contributed by atoms with Crippen LogP contribution in [0.2, 0.25) is 0 Å². The van der Waals surface area contributed by atoms with Crippen molar-refractivity contribution in [3.8, 4) is 11.5 Å². The smallest absolute Gasteiger partial charge is 0.347 e. The zero-order valence-corrected chi connectivity index (χ0v) is 9.15. The molecule has 0 amide bonds. The Morgan fingerprint density at radius 1 is 1.22 bits per heavy atom. The van der Waals surface area contributed by atoms with Crippen LogP contribution >= 0.6 is 0 Å². The number of furan rings is 1. The topological polar surface area (TPSA) is 83.8 Å². The van der Waals surface area contributed by atoms with Crippen LogP contribution in [0.5, 0.6) is 11.5 Å². The number of hydrogen-bond donors (Lipinski definition) is 2. The molecule has 0 spiro atoms. The summed E-state index contributed by atoms with van der Waals surface area (Å²) in [6, 6.07) is 2.50. The molecule has 0 fully saturated rings. The fourth-order valence-corrected chi connectivity index (χ4v) is 1.91. The Bertz CT molecular complexity index is 843. The predicted octanol–water partition coefficient (Wildman–Crippen LogP) is 2.40. The van der Waals surface area contributed by atoms with Gasteiger partial charge in [0.15, 0.2) is 17.1 Å². The molecule has 0 aliphatic heterocycles. The third-order valence-corrected chi connectivity index (χ3v) is 2.70. The van der Waals surface area contributed by atoms with Crippen LogP contribution in [0.4, 0.5) is 4.39 Å². The summed E-state index contributed by atoms with van der Waals surface area (Å²) in [6.07, 6.45) is 0. The maximum Gasteiger partial charge on any atom is 0.347 e. The van der Waals surface area contributed by atoms with Gasteiger partial charge in [0.2, 0.25) is 5.82 Å². The summed E-state index contributed by atoms with van der Waals surface area (Å²) in [5.74, 6) is -2.37. The Labute approximate surface area is 98.7 Å². The summed E-state index contributed by atoms with van der Waals surface area (Å²) in [6.45, 7) is 1.55. The van der Waals surface area contributed by atoms with E-state index >= 15 is 0 Å². The Kier molecular flexibility index (Phi) is 1.92.